The average molecular weight is 281 g/mol. The average Bonchev–Trinajstić information content (AvgIpc) is 2.47. The van der Waals surface area contributed by atoms with Gasteiger partial charge in [0.2, 0.25) is 0 Å². The first kappa shape index (κ1) is 15.8. The molecule has 2 atom stereocenters. The summed E-state index contributed by atoms with van der Waals surface area (Å²) in [7, 11) is 0. The number of aryl methyl sites for hydroxylation is 1. The second-order valence-corrected chi connectivity index (χ2v) is 6.35. The Morgan fingerprint density at radius 1 is 0.714 bits per heavy atom. The number of hydrogen-bond acceptors (Lipinski definition) is 1. The molecule has 1 heteroatoms. The summed E-state index contributed by atoms with van der Waals surface area (Å²) in [5.41, 5.74) is 5.41. The van der Waals surface area contributed by atoms with Crippen LogP contribution >= 0.6 is 0 Å². The van der Waals surface area contributed by atoms with Gasteiger partial charge in [-0.1, -0.05) is 67.9 Å². The molecular weight excluding hydrogens is 254 g/mol. The summed E-state index contributed by atoms with van der Waals surface area (Å²) >= 11 is 0. The van der Waals surface area contributed by atoms with E-state index in [2.05, 4.69) is 88.5 Å². The van der Waals surface area contributed by atoms with Gasteiger partial charge >= 0.3 is 0 Å². The van der Waals surface area contributed by atoms with Gasteiger partial charge in [0.1, 0.15) is 0 Å². The third-order valence-corrected chi connectivity index (χ3v) is 4.15. The summed E-state index contributed by atoms with van der Waals surface area (Å²) in [4.78, 5) is 0. The highest BCUT2D eigenvalue weighted by Gasteiger charge is 2.11. The molecule has 0 bridgehead atoms. The second-order valence-electron chi connectivity index (χ2n) is 6.35. The lowest BCUT2D eigenvalue weighted by atomic mass is 9.98. The van der Waals surface area contributed by atoms with E-state index in [4.69, 9.17) is 0 Å². The maximum atomic E-state index is 3.69. The Balaban J connectivity index is 2.05. The molecule has 21 heavy (non-hydrogen) atoms. The van der Waals surface area contributed by atoms with Gasteiger partial charge in [0.05, 0.1) is 0 Å². The lowest BCUT2D eigenvalue weighted by molar-refractivity contribution is 0.494. The molecular formula is C20H27N. The predicted molar refractivity (Wildman–Crippen MR) is 91.7 cm³/mol. The van der Waals surface area contributed by atoms with Crippen molar-refractivity contribution in [3.63, 3.8) is 0 Å². The molecule has 112 valence electrons. The smallest absolute Gasteiger partial charge is 0.0297 e. The molecule has 0 amide bonds. The van der Waals surface area contributed by atoms with E-state index in [9.17, 15) is 0 Å². The van der Waals surface area contributed by atoms with Gasteiger partial charge in [0, 0.05) is 12.1 Å². The van der Waals surface area contributed by atoms with E-state index < -0.39 is 0 Å². The SMILES string of the molecule is Cc1cccc([C@@H](C)NC(C)c2ccc(C(C)C)cc2)c1. The second kappa shape index (κ2) is 6.91. The van der Waals surface area contributed by atoms with Crippen LogP contribution in [0.5, 0.6) is 0 Å². The van der Waals surface area contributed by atoms with Crippen LogP contribution in [-0.4, -0.2) is 0 Å². The lowest BCUT2D eigenvalue weighted by Crippen LogP contribution is -2.22. The summed E-state index contributed by atoms with van der Waals surface area (Å²) in [6.45, 7) is 11.1. The van der Waals surface area contributed by atoms with Crippen LogP contribution in [0.4, 0.5) is 0 Å². The highest BCUT2D eigenvalue weighted by molar-refractivity contribution is 5.28. The molecule has 1 unspecified atom stereocenters. The predicted octanol–water partition coefficient (Wildman–Crippen LogP) is 5.53. The fraction of sp³-hybridized carbons (Fsp3) is 0.400. The van der Waals surface area contributed by atoms with Gasteiger partial charge in [-0.15, -0.1) is 0 Å². The van der Waals surface area contributed by atoms with Crippen LogP contribution in [0.15, 0.2) is 48.5 Å². The van der Waals surface area contributed by atoms with Crippen LogP contribution in [0.3, 0.4) is 0 Å². The number of hydrogen-bond donors (Lipinski definition) is 1. The molecule has 0 aromatic heterocycles. The van der Waals surface area contributed by atoms with E-state index in [1.54, 1.807) is 0 Å². The Bertz CT molecular complexity index is 569. The van der Waals surface area contributed by atoms with Gasteiger partial charge in [-0.25, -0.2) is 0 Å². The summed E-state index contributed by atoms with van der Waals surface area (Å²) in [6.07, 6.45) is 0. The van der Waals surface area contributed by atoms with Gasteiger partial charge in [-0.2, -0.15) is 0 Å². The number of rotatable bonds is 5. The Morgan fingerprint density at radius 2 is 1.29 bits per heavy atom. The highest BCUT2D eigenvalue weighted by atomic mass is 14.9. The molecule has 1 N–H and O–H groups in total. The van der Waals surface area contributed by atoms with Crippen LogP contribution in [0.2, 0.25) is 0 Å². The highest BCUT2D eigenvalue weighted by Crippen LogP contribution is 2.22. The Kier molecular flexibility index (Phi) is 5.19. The molecule has 0 aliphatic rings. The van der Waals surface area contributed by atoms with E-state index in [-0.39, 0.29) is 0 Å². The first-order valence-corrected chi connectivity index (χ1v) is 7.90. The van der Waals surface area contributed by atoms with E-state index >= 15 is 0 Å². The summed E-state index contributed by atoms with van der Waals surface area (Å²) in [6, 6.07) is 18.4. The van der Waals surface area contributed by atoms with Crippen LogP contribution in [0.1, 0.15) is 68.0 Å². The largest absolute Gasteiger partial charge is 0.304 e. The van der Waals surface area contributed by atoms with Gasteiger partial charge in [0.25, 0.3) is 0 Å². The molecule has 2 rings (SSSR count). The molecule has 0 radical (unpaired) electrons. The Labute approximate surface area is 129 Å². The van der Waals surface area contributed by atoms with Crippen molar-refractivity contribution in [1.29, 1.82) is 0 Å². The maximum Gasteiger partial charge on any atom is 0.0297 e. The van der Waals surface area contributed by atoms with Gasteiger partial charge < -0.3 is 5.32 Å². The zero-order chi connectivity index (χ0) is 15.4. The number of benzene rings is 2. The van der Waals surface area contributed by atoms with Crippen LogP contribution in [0.25, 0.3) is 0 Å². The monoisotopic (exact) mass is 281 g/mol. The Morgan fingerprint density at radius 3 is 1.86 bits per heavy atom. The minimum atomic E-state index is 0.349. The van der Waals surface area contributed by atoms with E-state index in [1.165, 1.54) is 22.3 Å². The van der Waals surface area contributed by atoms with Gasteiger partial charge in [-0.3, -0.25) is 0 Å². The molecule has 0 spiro atoms. The van der Waals surface area contributed by atoms with E-state index in [0.717, 1.165) is 0 Å². The van der Waals surface area contributed by atoms with Crippen molar-refractivity contribution in [3.8, 4) is 0 Å². The maximum absolute atomic E-state index is 3.69. The number of nitrogens with one attached hydrogen (secondary N) is 1. The van der Waals surface area contributed by atoms with E-state index in [0.29, 0.717) is 18.0 Å². The molecule has 0 saturated heterocycles. The van der Waals surface area contributed by atoms with Crippen molar-refractivity contribution in [2.24, 2.45) is 0 Å². The zero-order valence-electron chi connectivity index (χ0n) is 13.9. The molecule has 0 aliphatic heterocycles. The molecule has 0 fully saturated rings. The molecule has 1 nitrogen and oxygen atoms in total. The summed E-state index contributed by atoms with van der Waals surface area (Å²) in [5, 5.41) is 3.69. The van der Waals surface area contributed by atoms with Crippen LogP contribution in [-0.2, 0) is 0 Å². The van der Waals surface area contributed by atoms with Crippen molar-refractivity contribution >= 4 is 0 Å². The topological polar surface area (TPSA) is 12.0 Å². The van der Waals surface area contributed by atoms with Gasteiger partial charge in [0.15, 0.2) is 0 Å². The van der Waals surface area contributed by atoms with Crippen molar-refractivity contribution < 1.29 is 0 Å². The first-order valence-electron chi connectivity index (χ1n) is 7.90. The quantitative estimate of drug-likeness (QED) is 0.759. The first-order chi connectivity index (χ1) is 9.97. The van der Waals surface area contributed by atoms with Crippen molar-refractivity contribution in [2.45, 2.75) is 52.6 Å². The lowest BCUT2D eigenvalue weighted by Gasteiger charge is -2.21. The van der Waals surface area contributed by atoms with Crippen molar-refractivity contribution in [2.75, 3.05) is 0 Å². The normalized spacial score (nSPS) is 14.2. The van der Waals surface area contributed by atoms with Crippen LogP contribution < -0.4 is 5.32 Å². The van der Waals surface area contributed by atoms with Crippen molar-refractivity contribution in [1.82, 2.24) is 5.32 Å². The van der Waals surface area contributed by atoms with E-state index in [1.807, 2.05) is 0 Å². The Hall–Kier alpha value is -1.60. The molecule has 0 heterocycles. The third kappa shape index (κ3) is 4.18. The van der Waals surface area contributed by atoms with Crippen LogP contribution in [0, 0.1) is 6.92 Å². The third-order valence-electron chi connectivity index (χ3n) is 4.15. The summed E-state index contributed by atoms with van der Waals surface area (Å²) < 4.78 is 0. The molecule has 0 saturated carbocycles. The van der Waals surface area contributed by atoms with Gasteiger partial charge in [-0.05, 0) is 43.4 Å². The minimum Gasteiger partial charge on any atom is -0.304 e. The fourth-order valence-corrected chi connectivity index (χ4v) is 2.68. The summed E-state index contributed by atoms with van der Waals surface area (Å²) in [5.74, 6) is 0.591. The zero-order valence-corrected chi connectivity index (χ0v) is 13.9. The molecule has 2 aromatic carbocycles. The molecule has 2 aromatic rings. The fourth-order valence-electron chi connectivity index (χ4n) is 2.68. The van der Waals surface area contributed by atoms with Crippen molar-refractivity contribution in [3.05, 3.63) is 70.8 Å². The molecule has 0 aliphatic carbocycles. The standard InChI is InChI=1S/C20H27N/c1-14(2)18-9-11-19(12-10-18)16(4)21-17(5)20-8-6-7-15(3)13-20/h6-14,16-17,21H,1-5H3/t16?,17-/m1/s1. The minimum absolute atomic E-state index is 0.349.